The topological polar surface area (TPSA) is 47.6 Å². The van der Waals surface area contributed by atoms with Crippen molar-refractivity contribution in [1.82, 2.24) is 0 Å². The van der Waals surface area contributed by atoms with Gasteiger partial charge >= 0.3 is 0 Å². The average Bonchev–Trinajstić information content (AvgIpc) is 2.08. The van der Waals surface area contributed by atoms with Crippen LogP contribution >= 0.6 is 0 Å². The van der Waals surface area contributed by atoms with Gasteiger partial charge in [0.25, 0.3) is 0 Å². The zero-order valence-corrected chi connectivity index (χ0v) is 5.85. The molecule has 0 aromatic rings. The van der Waals surface area contributed by atoms with Crippen LogP contribution in [0, 0.1) is 0 Å². The normalized spacial score (nSPS) is 19.2. The molecule has 1 rings (SSSR count). The fourth-order valence-electron chi connectivity index (χ4n) is 0.751. The van der Waals surface area contributed by atoms with Crippen molar-refractivity contribution >= 4 is 5.71 Å². The van der Waals surface area contributed by atoms with Crippen LogP contribution in [0.4, 0.5) is 0 Å². The van der Waals surface area contributed by atoms with Gasteiger partial charge in [0.1, 0.15) is 6.61 Å². The molecule has 1 aliphatic heterocycles. The lowest BCUT2D eigenvalue weighted by Gasteiger charge is -2.15. The van der Waals surface area contributed by atoms with Crippen molar-refractivity contribution in [2.75, 3.05) is 6.61 Å². The molecule has 52 valence electrons. The van der Waals surface area contributed by atoms with E-state index in [1.54, 1.807) is 0 Å². The lowest BCUT2D eigenvalue weighted by Crippen LogP contribution is -2.40. The minimum atomic E-state index is -0.295. The predicted octanol–water partition coefficient (Wildman–Crippen LogP) is 0.500. The van der Waals surface area contributed by atoms with Crippen molar-refractivity contribution in [1.29, 1.82) is 0 Å². The second kappa shape index (κ2) is 1.99. The first-order chi connectivity index (χ1) is 4.11. The number of hydrogen-bond acceptors (Lipinski definition) is 3. The van der Waals surface area contributed by atoms with E-state index in [4.69, 9.17) is 10.6 Å². The van der Waals surface area contributed by atoms with E-state index < -0.39 is 0 Å². The molecule has 0 amide bonds. The van der Waals surface area contributed by atoms with Crippen molar-refractivity contribution in [3.05, 3.63) is 0 Å². The zero-order chi connectivity index (χ0) is 6.91. The molecule has 0 spiro atoms. The number of nitrogens with zero attached hydrogens (tertiary/aromatic N) is 1. The molecule has 0 aliphatic carbocycles. The summed E-state index contributed by atoms with van der Waals surface area (Å²) in [6.07, 6.45) is 0.878. The minimum absolute atomic E-state index is 0.295. The van der Waals surface area contributed by atoms with E-state index in [1.807, 2.05) is 13.8 Å². The molecule has 0 saturated carbocycles. The van der Waals surface area contributed by atoms with Crippen LogP contribution in [0.15, 0.2) is 5.16 Å². The van der Waals surface area contributed by atoms with Crippen LogP contribution in [0.25, 0.3) is 0 Å². The van der Waals surface area contributed by atoms with Gasteiger partial charge in [0, 0.05) is 6.42 Å². The van der Waals surface area contributed by atoms with Crippen LogP contribution in [0.2, 0.25) is 0 Å². The van der Waals surface area contributed by atoms with E-state index in [0.29, 0.717) is 6.61 Å². The van der Waals surface area contributed by atoms with Gasteiger partial charge in [-0.3, -0.25) is 0 Å². The monoisotopic (exact) mass is 128 g/mol. The summed E-state index contributed by atoms with van der Waals surface area (Å²) >= 11 is 0. The van der Waals surface area contributed by atoms with Crippen LogP contribution in [-0.4, -0.2) is 17.9 Å². The maximum Gasteiger partial charge on any atom is 0.122 e. The summed E-state index contributed by atoms with van der Waals surface area (Å²) in [5.41, 5.74) is 6.40. The third kappa shape index (κ3) is 1.42. The molecule has 2 N–H and O–H groups in total. The van der Waals surface area contributed by atoms with Gasteiger partial charge in [0.05, 0.1) is 11.3 Å². The van der Waals surface area contributed by atoms with Gasteiger partial charge in [-0.1, -0.05) is 5.16 Å². The molecule has 0 aromatic carbocycles. The van der Waals surface area contributed by atoms with E-state index in [-0.39, 0.29) is 5.54 Å². The Morgan fingerprint density at radius 2 is 2.33 bits per heavy atom. The number of nitrogens with two attached hydrogens (primary N) is 1. The summed E-state index contributed by atoms with van der Waals surface area (Å²) in [5.74, 6) is 0. The molecule has 1 aliphatic rings. The zero-order valence-electron chi connectivity index (χ0n) is 5.85. The van der Waals surface area contributed by atoms with Crippen LogP contribution in [0.5, 0.6) is 0 Å². The summed E-state index contributed by atoms with van der Waals surface area (Å²) in [7, 11) is 0. The first-order valence-corrected chi connectivity index (χ1v) is 3.09. The molecule has 1 heterocycles. The lowest BCUT2D eigenvalue weighted by atomic mass is 9.98. The van der Waals surface area contributed by atoms with Crippen LogP contribution in [0.1, 0.15) is 20.3 Å². The Labute approximate surface area is 54.9 Å². The second-order valence-electron chi connectivity index (χ2n) is 2.84. The van der Waals surface area contributed by atoms with Crippen molar-refractivity contribution in [3.63, 3.8) is 0 Å². The van der Waals surface area contributed by atoms with Gasteiger partial charge in [0.2, 0.25) is 0 Å². The van der Waals surface area contributed by atoms with Gasteiger partial charge in [-0.25, -0.2) is 0 Å². The molecule has 0 unspecified atom stereocenters. The quantitative estimate of drug-likeness (QED) is 0.559. The molecular formula is C6H12N2O. The smallest absolute Gasteiger partial charge is 0.122 e. The first-order valence-electron chi connectivity index (χ1n) is 3.09. The highest BCUT2D eigenvalue weighted by molar-refractivity contribution is 5.92. The molecule has 3 nitrogen and oxygen atoms in total. The van der Waals surface area contributed by atoms with Crippen molar-refractivity contribution in [3.8, 4) is 0 Å². The number of hydrogen-bond donors (Lipinski definition) is 1. The Balaban J connectivity index is 2.61. The van der Waals surface area contributed by atoms with Gasteiger partial charge in [-0.15, -0.1) is 0 Å². The van der Waals surface area contributed by atoms with Crippen molar-refractivity contribution < 1.29 is 4.84 Å². The van der Waals surface area contributed by atoms with E-state index in [1.165, 1.54) is 0 Å². The van der Waals surface area contributed by atoms with E-state index in [9.17, 15) is 0 Å². The maximum atomic E-state index is 5.73. The third-order valence-electron chi connectivity index (χ3n) is 1.35. The summed E-state index contributed by atoms with van der Waals surface area (Å²) in [6, 6.07) is 0. The van der Waals surface area contributed by atoms with E-state index in [2.05, 4.69) is 5.16 Å². The molecule has 9 heavy (non-hydrogen) atoms. The predicted molar refractivity (Wildman–Crippen MR) is 36.3 cm³/mol. The Morgan fingerprint density at radius 3 is 2.56 bits per heavy atom. The minimum Gasteiger partial charge on any atom is -0.395 e. The highest BCUT2D eigenvalue weighted by Gasteiger charge is 2.22. The summed E-state index contributed by atoms with van der Waals surface area (Å²) < 4.78 is 0. The SMILES string of the molecule is CC(C)(N)C1=NOCC1. The van der Waals surface area contributed by atoms with Gasteiger partial charge in [-0.2, -0.15) is 0 Å². The Hall–Kier alpha value is -0.570. The molecular weight excluding hydrogens is 116 g/mol. The van der Waals surface area contributed by atoms with E-state index in [0.717, 1.165) is 12.1 Å². The summed E-state index contributed by atoms with van der Waals surface area (Å²) in [6.45, 7) is 4.55. The van der Waals surface area contributed by atoms with Crippen LogP contribution < -0.4 is 5.73 Å². The summed E-state index contributed by atoms with van der Waals surface area (Å²) in [4.78, 5) is 4.79. The van der Waals surface area contributed by atoms with Crippen LogP contribution in [-0.2, 0) is 4.84 Å². The Bertz CT molecular complexity index is 134. The standard InChI is InChI=1S/C6H12N2O/c1-6(2,7)5-3-4-9-8-5/h3-4,7H2,1-2H3. The highest BCUT2D eigenvalue weighted by Crippen LogP contribution is 2.10. The van der Waals surface area contributed by atoms with Crippen LogP contribution in [0.3, 0.4) is 0 Å². The molecule has 0 atom stereocenters. The fraction of sp³-hybridized carbons (Fsp3) is 0.833. The summed E-state index contributed by atoms with van der Waals surface area (Å²) in [5, 5.41) is 3.80. The first kappa shape index (κ1) is 6.55. The molecule has 0 radical (unpaired) electrons. The van der Waals surface area contributed by atoms with E-state index >= 15 is 0 Å². The maximum absolute atomic E-state index is 5.73. The largest absolute Gasteiger partial charge is 0.395 e. The molecule has 0 fully saturated rings. The molecule has 0 bridgehead atoms. The Kier molecular flexibility index (Phi) is 1.45. The van der Waals surface area contributed by atoms with Crippen molar-refractivity contribution in [2.45, 2.75) is 25.8 Å². The van der Waals surface area contributed by atoms with Gasteiger partial charge in [0.15, 0.2) is 0 Å². The van der Waals surface area contributed by atoms with Crippen molar-refractivity contribution in [2.24, 2.45) is 10.9 Å². The second-order valence-corrected chi connectivity index (χ2v) is 2.84. The molecule has 0 aromatic heterocycles. The highest BCUT2D eigenvalue weighted by atomic mass is 16.6. The Morgan fingerprint density at radius 1 is 1.67 bits per heavy atom. The molecule has 3 heteroatoms. The molecule has 0 saturated heterocycles. The fourth-order valence-corrected chi connectivity index (χ4v) is 0.751. The average molecular weight is 128 g/mol. The van der Waals surface area contributed by atoms with Gasteiger partial charge < -0.3 is 10.6 Å². The number of rotatable bonds is 1. The lowest BCUT2D eigenvalue weighted by molar-refractivity contribution is 0.173. The number of oxime groups is 1. The third-order valence-corrected chi connectivity index (χ3v) is 1.35. The van der Waals surface area contributed by atoms with Gasteiger partial charge in [-0.05, 0) is 13.8 Å².